The predicted molar refractivity (Wildman–Crippen MR) is 58.7 cm³/mol. The Kier molecular flexibility index (Phi) is 1.57. The average Bonchev–Trinajstić information content (AvgIpc) is 2.93. The lowest BCUT2D eigenvalue weighted by atomic mass is 10.0. The van der Waals surface area contributed by atoms with Crippen LogP contribution in [0.15, 0.2) is 24.3 Å². The minimum Gasteiger partial charge on any atom is -0.326 e. The van der Waals surface area contributed by atoms with Crippen LogP contribution < -0.4 is 0 Å². The first-order valence-electron chi connectivity index (χ1n) is 5.60. The van der Waals surface area contributed by atoms with Crippen LogP contribution in [0.3, 0.4) is 0 Å². The molecule has 0 unspecified atom stereocenters. The van der Waals surface area contributed by atoms with E-state index in [0.29, 0.717) is 6.04 Å². The minimum absolute atomic E-state index is 0.0713. The minimum atomic E-state index is 0.0713. The lowest BCUT2D eigenvalue weighted by molar-refractivity contribution is 0.0630. The highest BCUT2D eigenvalue weighted by atomic mass is 16.2. The van der Waals surface area contributed by atoms with Gasteiger partial charge < -0.3 is 4.90 Å². The van der Waals surface area contributed by atoms with Crippen molar-refractivity contribution in [3.8, 4) is 0 Å². The molecule has 1 aliphatic heterocycles. The molecule has 0 bridgehead atoms. The van der Waals surface area contributed by atoms with Gasteiger partial charge in [-0.3, -0.25) is 4.79 Å². The largest absolute Gasteiger partial charge is 0.326 e. The molecule has 0 aromatic heterocycles. The smallest absolute Gasteiger partial charge is 0.255 e. The Labute approximate surface area is 89.9 Å². The van der Waals surface area contributed by atoms with Crippen LogP contribution in [0.25, 0.3) is 0 Å². The standard InChI is InChI=1S/C13H15NO/c1-9(2)14-12(15)10-5-3-4-6-11(10)13(14)7-8-13/h3-6,9H,7-8H2,1-2H3. The Morgan fingerprint density at radius 1 is 1.27 bits per heavy atom. The number of carbonyl (C=O) groups excluding carboxylic acids is 1. The van der Waals surface area contributed by atoms with Gasteiger partial charge in [0.25, 0.3) is 5.91 Å². The number of hydrogen-bond donors (Lipinski definition) is 0. The van der Waals surface area contributed by atoms with Crippen LogP contribution in [0.1, 0.15) is 42.6 Å². The lowest BCUT2D eigenvalue weighted by Gasteiger charge is -2.29. The topological polar surface area (TPSA) is 20.3 Å². The van der Waals surface area contributed by atoms with E-state index < -0.39 is 0 Å². The summed E-state index contributed by atoms with van der Waals surface area (Å²) in [6.45, 7) is 4.20. The fourth-order valence-electron chi connectivity index (χ4n) is 2.89. The van der Waals surface area contributed by atoms with Gasteiger partial charge in [0.15, 0.2) is 0 Å². The van der Waals surface area contributed by atoms with Crippen molar-refractivity contribution >= 4 is 5.91 Å². The number of rotatable bonds is 1. The molecule has 2 heteroatoms. The Morgan fingerprint density at radius 3 is 2.53 bits per heavy atom. The van der Waals surface area contributed by atoms with Gasteiger partial charge in [-0.25, -0.2) is 0 Å². The van der Waals surface area contributed by atoms with E-state index in [-0.39, 0.29) is 11.4 Å². The highest BCUT2D eigenvalue weighted by molar-refractivity contribution is 6.00. The Bertz CT molecular complexity index is 432. The van der Waals surface area contributed by atoms with Crippen molar-refractivity contribution in [3.63, 3.8) is 0 Å². The molecule has 1 aromatic rings. The van der Waals surface area contributed by atoms with Crippen molar-refractivity contribution < 1.29 is 4.79 Å². The van der Waals surface area contributed by atoms with Gasteiger partial charge in [0.05, 0.1) is 5.54 Å². The molecule has 1 aliphatic carbocycles. The number of amides is 1. The van der Waals surface area contributed by atoms with E-state index in [9.17, 15) is 4.79 Å². The second-order valence-electron chi connectivity index (χ2n) is 4.85. The fourth-order valence-corrected chi connectivity index (χ4v) is 2.89. The maximum Gasteiger partial charge on any atom is 0.255 e. The molecule has 3 rings (SSSR count). The summed E-state index contributed by atoms with van der Waals surface area (Å²) < 4.78 is 0. The predicted octanol–water partition coefficient (Wildman–Crippen LogP) is 2.54. The fraction of sp³-hybridized carbons (Fsp3) is 0.462. The van der Waals surface area contributed by atoms with Gasteiger partial charge in [-0.1, -0.05) is 18.2 Å². The first-order valence-corrected chi connectivity index (χ1v) is 5.60. The molecule has 0 radical (unpaired) electrons. The molecule has 1 amide bonds. The maximum atomic E-state index is 12.2. The zero-order valence-corrected chi connectivity index (χ0v) is 9.16. The molecule has 78 valence electrons. The lowest BCUT2D eigenvalue weighted by Crippen LogP contribution is -2.39. The summed E-state index contributed by atoms with van der Waals surface area (Å²) in [5.41, 5.74) is 2.24. The van der Waals surface area contributed by atoms with Crippen molar-refractivity contribution in [2.75, 3.05) is 0 Å². The van der Waals surface area contributed by atoms with Crippen molar-refractivity contribution in [2.24, 2.45) is 0 Å². The Morgan fingerprint density at radius 2 is 1.93 bits per heavy atom. The highest BCUT2D eigenvalue weighted by Gasteiger charge is 2.58. The van der Waals surface area contributed by atoms with Crippen LogP contribution in [0.2, 0.25) is 0 Å². The van der Waals surface area contributed by atoms with E-state index in [1.807, 2.05) is 18.2 Å². The number of carbonyl (C=O) groups is 1. The van der Waals surface area contributed by atoms with Gasteiger partial charge in [-0.05, 0) is 38.3 Å². The molecule has 2 nitrogen and oxygen atoms in total. The van der Waals surface area contributed by atoms with E-state index in [4.69, 9.17) is 0 Å². The van der Waals surface area contributed by atoms with Gasteiger partial charge in [0.2, 0.25) is 0 Å². The van der Waals surface area contributed by atoms with Crippen LogP contribution in [0, 0.1) is 0 Å². The third kappa shape index (κ3) is 0.969. The molecule has 2 aliphatic rings. The molecule has 0 N–H and O–H groups in total. The highest BCUT2D eigenvalue weighted by Crippen LogP contribution is 2.57. The molecule has 15 heavy (non-hydrogen) atoms. The number of benzene rings is 1. The number of hydrogen-bond acceptors (Lipinski definition) is 1. The van der Waals surface area contributed by atoms with Crippen LogP contribution in [-0.2, 0) is 5.54 Å². The number of fused-ring (bicyclic) bond motifs is 2. The summed E-state index contributed by atoms with van der Waals surface area (Å²) in [6, 6.07) is 8.36. The molecule has 1 fully saturated rings. The molecule has 0 saturated heterocycles. The summed E-state index contributed by atoms with van der Waals surface area (Å²) in [5.74, 6) is 0.220. The van der Waals surface area contributed by atoms with Gasteiger partial charge in [-0.15, -0.1) is 0 Å². The van der Waals surface area contributed by atoms with E-state index in [1.54, 1.807) is 0 Å². The molecular weight excluding hydrogens is 186 g/mol. The van der Waals surface area contributed by atoms with Crippen molar-refractivity contribution in [2.45, 2.75) is 38.3 Å². The second-order valence-corrected chi connectivity index (χ2v) is 4.85. The third-order valence-corrected chi connectivity index (χ3v) is 3.58. The summed E-state index contributed by atoms with van der Waals surface area (Å²) in [7, 11) is 0. The average molecular weight is 201 g/mol. The van der Waals surface area contributed by atoms with E-state index in [0.717, 1.165) is 18.4 Å². The monoisotopic (exact) mass is 201 g/mol. The van der Waals surface area contributed by atoms with Crippen LogP contribution in [-0.4, -0.2) is 16.8 Å². The van der Waals surface area contributed by atoms with Crippen molar-refractivity contribution in [3.05, 3.63) is 35.4 Å². The third-order valence-electron chi connectivity index (χ3n) is 3.58. The Balaban J connectivity index is 2.18. The maximum absolute atomic E-state index is 12.2. The first kappa shape index (κ1) is 8.96. The van der Waals surface area contributed by atoms with Crippen LogP contribution in [0.5, 0.6) is 0 Å². The molecule has 1 aromatic carbocycles. The molecule has 1 heterocycles. The van der Waals surface area contributed by atoms with Crippen molar-refractivity contribution in [1.82, 2.24) is 4.90 Å². The second kappa shape index (κ2) is 2.63. The zero-order chi connectivity index (χ0) is 10.6. The van der Waals surface area contributed by atoms with Gasteiger partial charge in [0.1, 0.15) is 0 Å². The summed E-state index contributed by atoms with van der Waals surface area (Å²) in [6.07, 6.45) is 2.27. The van der Waals surface area contributed by atoms with E-state index >= 15 is 0 Å². The van der Waals surface area contributed by atoms with Crippen molar-refractivity contribution in [1.29, 1.82) is 0 Å². The number of nitrogens with zero attached hydrogens (tertiary/aromatic N) is 1. The van der Waals surface area contributed by atoms with Crippen LogP contribution >= 0.6 is 0 Å². The molecule has 1 spiro atoms. The van der Waals surface area contributed by atoms with Gasteiger partial charge in [0, 0.05) is 11.6 Å². The summed E-state index contributed by atoms with van der Waals surface area (Å²) in [4.78, 5) is 14.3. The first-order chi connectivity index (χ1) is 7.17. The van der Waals surface area contributed by atoms with Gasteiger partial charge >= 0.3 is 0 Å². The SMILES string of the molecule is CC(C)N1C(=O)c2ccccc2C12CC2. The Hall–Kier alpha value is -1.31. The van der Waals surface area contributed by atoms with Gasteiger partial charge in [-0.2, -0.15) is 0 Å². The normalized spacial score (nSPS) is 21.3. The molecule has 1 saturated carbocycles. The quantitative estimate of drug-likeness (QED) is 0.683. The molecule has 0 atom stereocenters. The summed E-state index contributed by atoms with van der Waals surface area (Å²) >= 11 is 0. The zero-order valence-electron chi connectivity index (χ0n) is 9.16. The van der Waals surface area contributed by atoms with Crippen LogP contribution in [0.4, 0.5) is 0 Å². The summed E-state index contributed by atoms with van der Waals surface area (Å²) in [5, 5.41) is 0. The van der Waals surface area contributed by atoms with E-state index in [2.05, 4.69) is 24.8 Å². The molecular formula is C13H15NO. The van der Waals surface area contributed by atoms with E-state index in [1.165, 1.54) is 5.56 Å².